The molecule has 0 spiro atoms. The van der Waals surface area contributed by atoms with Crippen molar-refractivity contribution in [1.82, 2.24) is 24.8 Å². The van der Waals surface area contributed by atoms with E-state index in [1.807, 2.05) is 79.7 Å². The Morgan fingerprint density at radius 3 is 1.65 bits per heavy atom. The summed E-state index contributed by atoms with van der Waals surface area (Å²) >= 11 is 0. The number of hydrogen-bond donors (Lipinski definition) is 1. The number of nitrogens with zero attached hydrogens (tertiary/aromatic N) is 5. The summed E-state index contributed by atoms with van der Waals surface area (Å²) < 4.78 is 66.8. The number of likely N-dealkylation sites (tertiary alicyclic amines) is 2. The number of carbonyl (C=O) groups excluding carboxylic acids is 1. The maximum absolute atomic E-state index is 12.7. The van der Waals surface area contributed by atoms with Crippen LogP contribution in [-0.2, 0) is 12.6 Å². The van der Waals surface area contributed by atoms with Gasteiger partial charge in [0.2, 0.25) is 11.8 Å². The highest BCUT2D eigenvalue weighted by molar-refractivity contribution is 5.70. The van der Waals surface area contributed by atoms with Crippen molar-refractivity contribution in [3.63, 3.8) is 0 Å². The average molecular weight is 906 g/mol. The summed E-state index contributed by atoms with van der Waals surface area (Å²) in [6.45, 7) is 5.45. The quantitative estimate of drug-likeness (QED) is 0.118. The number of aromatic nitrogens is 3. The minimum Gasteiger partial charge on any atom is -0.493 e. The summed E-state index contributed by atoms with van der Waals surface area (Å²) in [6, 6.07) is 33.3. The van der Waals surface area contributed by atoms with E-state index in [9.17, 15) is 22.8 Å². The minimum atomic E-state index is -4.41. The Morgan fingerprint density at radius 2 is 1.17 bits per heavy atom. The van der Waals surface area contributed by atoms with E-state index in [0.717, 1.165) is 60.6 Å². The molecule has 0 radical (unpaired) electrons. The average Bonchev–Trinajstić information content (AvgIpc) is 3.33. The van der Waals surface area contributed by atoms with Crippen LogP contribution in [0.25, 0.3) is 0 Å². The molecule has 2 saturated heterocycles. The van der Waals surface area contributed by atoms with E-state index in [1.54, 1.807) is 47.6 Å². The number of piperidine rings is 2. The molecule has 2 fully saturated rings. The molecule has 0 unspecified atom stereocenters. The Balaban J connectivity index is 0.000000221. The van der Waals surface area contributed by atoms with Gasteiger partial charge in [0.05, 0.1) is 18.8 Å². The molecule has 3 aromatic heterocycles. The molecule has 66 heavy (non-hydrogen) atoms. The topological polar surface area (TPSA) is 146 Å². The molecule has 6 aromatic rings. The summed E-state index contributed by atoms with van der Waals surface area (Å²) in [6.07, 6.45) is 2.26. The van der Waals surface area contributed by atoms with E-state index >= 15 is 0 Å². The van der Waals surface area contributed by atoms with Crippen LogP contribution in [0.5, 0.6) is 40.5 Å². The molecular formula is C50H50F3N5O8. The monoisotopic (exact) mass is 905 g/mol. The van der Waals surface area contributed by atoms with Crippen molar-refractivity contribution in [3.05, 3.63) is 156 Å². The molecule has 0 saturated carbocycles. The summed E-state index contributed by atoms with van der Waals surface area (Å²) in [5.74, 6) is 5.11. The molecule has 344 valence electrons. The molecule has 0 bridgehead atoms. The van der Waals surface area contributed by atoms with E-state index in [-0.39, 0.29) is 0 Å². The van der Waals surface area contributed by atoms with Crippen LogP contribution >= 0.6 is 0 Å². The predicted octanol–water partition coefficient (Wildman–Crippen LogP) is 11.1. The van der Waals surface area contributed by atoms with Gasteiger partial charge < -0.3 is 38.6 Å². The lowest BCUT2D eigenvalue weighted by atomic mass is 9.98. The van der Waals surface area contributed by atoms with E-state index in [1.165, 1.54) is 11.0 Å². The van der Waals surface area contributed by atoms with Gasteiger partial charge in [-0.05, 0) is 134 Å². The number of benzene rings is 3. The van der Waals surface area contributed by atoms with Crippen LogP contribution in [-0.4, -0.2) is 81.4 Å². The summed E-state index contributed by atoms with van der Waals surface area (Å²) in [7, 11) is 0. The van der Waals surface area contributed by atoms with E-state index in [4.69, 9.17) is 28.8 Å². The number of carbonyl (C=O) groups is 2. The van der Waals surface area contributed by atoms with Gasteiger partial charge in [0.15, 0.2) is 0 Å². The van der Waals surface area contributed by atoms with Crippen LogP contribution in [0.2, 0.25) is 0 Å². The second-order valence-corrected chi connectivity index (χ2v) is 16.0. The highest BCUT2D eigenvalue weighted by Crippen LogP contribution is 2.30. The number of amides is 2. The molecule has 2 amide bonds. The molecule has 1 N–H and O–H groups in total. The molecule has 0 aliphatic carbocycles. The second-order valence-electron chi connectivity index (χ2n) is 16.0. The predicted molar refractivity (Wildman–Crippen MR) is 238 cm³/mol. The number of rotatable bonds is 13. The molecule has 3 aromatic carbocycles. The molecule has 5 heterocycles. The number of alkyl halides is 3. The normalized spacial score (nSPS) is 14.4. The van der Waals surface area contributed by atoms with E-state index < -0.39 is 23.9 Å². The Kier molecular flexibility index (Phi) is 15.9. The van der Waals surface area contributed by atoms with Crippen molar-refractivity contribution < 1.29 is 51.6 Å². The summed E-state index contributed by atoms with van der Waals surface area (Å²) in [5, 5.41) is 8.96. The Hall–Kier alpha value is -7.36. The van der Waals surface area contributed by atoms with Gasteiger partial charge in [-0.25, -0.2) is 19.6 Å². The molecule has 13 nitrogen and oxygen atoms in total. The first kappa shape index (κ1) is 46.6. The van der Waals surface area contributed by atoms with Crippen molar-refractivity contribution in [2.75, 3.05) is 39.4 Å². The van der Waals surface area contributed by atoms with Gasteiger partial charge in [0, 0.05) is 69.0 Å². The second kappa shape index (κ2) is 22.5. The molecule has 2 aliphatic heterocycles. The number of pyridine rings is 3. The van der Waals surface area contributed by atoms with Gasteiger partial charge in [0.25, 0.3) is 0 Å². The third kappa shape index (κ3) is 14.3. The first-order valence-electron chi connectivity index (χ1n) is 21.6. The lowest BCUT2D eigenvalue weighted by Gasteiger charge is -2.31. The lowest BCUT2D eigenvalue weighted by Crippen LogP contribution is -2.41. The maximum Gasteiger partial charge on any atom is 0.417 e. The van der Waals surface area contributed by atoms with Crippen LogP contribution < -0.4 is 23.7 Å². The Bertz CT molecular complexity index is 2430. The zero-order chi connectivity index (χ0) is 46.3. The van der Waals surface area contributed by atoms with Gasteiger partial charge >= 0.3 is 18.4 Å². The SMILES string of the molecule is Cc1ccc(Oc2ccc(OCC3CCN(C(=O)O)CC3)cc2)nc1.O=C(Oc1ccc(Cc2ccc(C(F)(F)F)cn2)cc1)N1CCC(COc2ccc(Oc3ccccn3)cc2)CC1. The Morgan fingerprint density at radius 1 is 0.621 bits per heavy atom. The highest BCUT2D eigenvalue weighted by atomic mass is 19.4. The molecular weight excluding hydrogens is 856 g/mol. The van der Waals surface area contributed by atoms with Crippen LogP contribution in [0.1, 0.15) is 48.1 Å². The molecule has 16 heteroatoms. The fourth-order valence-corrected chi connectivity index (χ4v) is 7.12. The minimum absolute atomic E-state index is 0.321. The standard InChI is InChI=1S/C31H28F3N3O4.C19H22N2O4/c32-31(33,34)24-6-7-25(36-20-24)19-22-4-8-28(9-5-22)41-30(38)37-17-14-23(15-18-37)21-39-26-10-12-27(13-11-26)40-29-3-1-2-16-35-29;1-14-2-7-18(20-12-14)25-17-5-3-16(4-6-17)24-13-15-8-10-21(11-9-15)19(22)23/h1-13,16,20,23H,14-15,17-19,21H2;2-7,12,15H,8-11,13H2,1H3,(H,22,23). The van der Waals surface area contributed by atoms with Crippen molar-refractivity contribution >= 4 is 12.2 Å². The largest absolute Gasteiger partial charge is 0.493 e. The van der Waals surface area contributed by atoms with E-state index in [2.05, 4.69) is 15.0 Å². The third-order valence-corrected chi connectivity index (χ3v) is 11.0. The van der Waals surface area contributed by atoms with Crippen molar-refractivity contribution in [1.29, 1.82) is 0 Å². The highest BCUT2D eigenvalue weighted by Gasteiger charge is 2.31. The zero-order valence-corrected chi connectivity index (χ0v) is 36.3. The van der Waals surface area contributed by atoms with Gasteiger partial charge in [-0.2, -0.15) is 13.2 Å². The molecule has 0 atom stereocenters. The first-order valence-corrected chi connectivity index (χ1v) is 21.6. The Labute approximate surface area is 380 Å². The van der Waals surface area contributed by atoms with Gasteiger partial charge in [0.1, 0.15) is 28.7 Å². The first-order chi connectivity index (χ1) is 31.9. The van der Waals surface area contributed by atoms with Crippen LogP contribution in [0.4, 0.5) is 22.8 Å². The number of aryl methyl sites for hydroxylation is 1. The van der Waals surface area contributed by atoms with Crippen LogP contribution in [0, 0.1) is 18.8 Å². The maximum atomic E-state index is 12.7. The lowest BCUT2D eigenvalue weighted by molar-refractivity contribution is -0.137. The van der Waals surface area contributed by atoms with E-state index in [0.29, 0.717) is 92.4 Å². The van der Waals surface area contributed by atoms with Crippen molar-refractivity contribution in [3.8, 4) is 40.5 Å². The van der Waals surface area contributed by atoms with Gasteiger partial charge in [-0.1, -0.05) is 24.3 Å². The van der Waals surface area contributed by atoms with Crippen molar-refractivity contribution in [2.45, 2.75) is 45.2 Å². The zero-order valence-electron chi connectivity index (χ0n) is 36.3. The number of halogens is 3. The summed E-state index contributed by atoms with van der Waals surface area (Å²) in [5.41, 5.74) is 1.66. The fourth-order valence-electron chi connectivity index (χ4n) is 7.12. The molecule has 2 aliphatic rings. The number of carboxylic acid groups (broad SMARTS) is 1. The van der Waals surface area contributed by atoms with Crippen LogP contribution in [0.3, 0.4) is 0 Å². The summed E-state index contributed by atoms with van der Waals surface area (Å²) in [4.78, 5) is 39.0. The fraction of sp³-hybridized carbons (Fsp3) is 0.300. The molecule has 8 rings (SSSR count). The van der Waals surface area contributed by atoms with Crippen LogP contribution in [0.15, 0.2) is 134 Å². The van der Waals surface area contributed by atoms with Crippen molar-refractivity contribution in [2.24, 2.45) is 11.8 Å². The smallest absolute Gasteiger partial charge is 0.417 e. The third-order valence-electron chi connectivity index (χ3n) is 11.0. The number of hydrogen-bond acceptors (Lipinski definition) is 10. The number of ether oxygens (including phenoxy) is 5. The van der Waals surface area contributed by atoms with Gasteiger partial charge in [-0.15, -0.1) is 0 Å². The van der Waals surface area contributed by atoms with Gasteiger partial charge in [-0.3, -0.25) is 4.98 Å².